The lowest BCUT2D eigenvalue weighted by Gasteiger charge is -2.33. The lowest BCUT2D eigenvalue weighted by molar-refractivity contribution is 0.172. The monoisotopic (exact) mass is 743 g/mol. The Kier molecular flexibility index (Phi) is 13.7. The SMILES string of the molecule is CCCC(c1c(F)cc(-n2cc3cc(-c4cc(CCCC(N)C5CC5)cc(Cl)c4F)[nH]c3nc2=O)cc1SC)N(CCCF)CCCN=C(C)N. The quantitative estimate of drug-likeness (QED) is 0.0385. The lowest BCUT2D eigenvalue weighted by atomic mass is 9.98. The first kappa shape index (κ1) is 38.9. The summed E-state index contributed by atoms with van der Waals surface area (Å²) >= 11 is 7.73. The van der Waals surface area contributed by atoms with Gasteiger partial charge in [-0.15, -0.1) is 11.8 Å². The van der Waals surface area contributed by atoms with Crippen molar-refractivity contribution in [3.8, 4) is 16.9 Å². The average Bonchev–Trinajstić information content (AvgIpc) is 3.87. The van der Waals surface area contributed by atoms with Crippen LogP contribution in [0.15, 0.2) is 51.2 Å². The highest BCUT2D eigenvalue weighted by Gasteiger charge is 2.28. The molecule has 0 amide bonds. The molecule has 2 aromatic carbocycles. The molecule has 1 aliphatic rings. The molecule has 276 valence electrons. The van der Waals surface area contributed by atoms with Crippen LogP contribution in [0.25, 0.3) is 28.0 Å². The van der Waals surface area contributed by atoms with E-state index in [1.54, 1.807) is 37.4 Å². The molecule has 8 nitrogen and oxygen atoms in total. The molecule has 2 aromatic heterocycles. The van der Waals surface area contributed by atoms with Crippen LogP contribution in [0.2, 0.25) is 5.02 Å². The van der Waals surface area contributed by atoms with Crippen molar-refractivity contribution in [1.29, 1.82) is 0 Å². The number of halogens is 4. The first-order valence-corrected chi connectivity index (χ1v) is 19.4. The van der Waals surface area contributed by atoms with E-state index in [-0.39, 0.29) is 28.3 Å². The van der Waals surface area contributed by atoms with E-state index in [0.717, 1.165) is 24.8 Å². The molecule has 2 unspecified atom stereocenters. The Labute approximate surface area is 307 Å². The highest BCUT2D eigenvalue weighted by Crippen LogP contribution is 2.38. The Morgan fingerprint density at radius 2 is 1.92 bits per heavy atom. The van der Waals surface area contributed by atoms with Gasteiger partial charge in [-0.1, -0.05) is 24.9 Å². The summed E-state index contributed by atoms with van der Waals surface area (Å²) < 4.78 is 46.4. The summed E-state index contributed by atoms with van der Waals surface area (Å²) in [6, 6.07) is 8.19. The zero-order valence-electron chi connectivity index (χ0n) is 29.7. The van der Waals surface area contributed by atoms with Crippen LogP contribution in [-0.2, 0) is 6.42 Å². The maximum Gasteiger partial charge on any atom is 0.354 e. The largest absolute Gasteiger partial charge is 0.388 e. The summed E-state index contributed by atoms with van der Waals surface area (Å²) in [5.41, 5.74) is 14.1. The Morgan fingerprint density at radius 1 is 1.16 bits per heavy atom. The maximum atomic E-state index is 16.3. The van der Waals surface area contributed by atoms with Gasteiger partial charge in [0.15, 0.2) is 5.82 Å². The van der Waals surface area contributed by atoms with Crippen LogP contribution in [0, 0.1) is 17.6 Å². The topological polar surface area (TPSA) is 118 Å². The minimum atomic E-state index is -0.611. The van der Waals surface area contributed by atoms with Gasteiger partial charge >= 0.3 is 5.69 Å². The van der Waals surface area contributed by atoms with Crippen LogP contribution in [0.4, 0.5) is 13.2 Å². The number of fused-ring (bicyclic) bond motifs is 1. The van der Waals surface area contributed by atoms with Crippen molar-refractivity contribution in [3.05, 3.63) is 74.8 Å². The lowest BCUT2D eigenvalue weighted by Crippen LogP contribution is -2.33. The molecule has 0 radical (unpaired) electrons. The van der Waals surface area contributed by atoms with Crippen molar-refractivity contribution in [2.45, 2.75) is 88.6 Å². The number of thioether (sulfide) groups is 1. The Bertz CT molecular complexity index is 1890. The van der Waals surface area contributed by atoms with E-state index in [9.17, 15) is 9.18 Å². The van der Waals surface area contributed by atoms with E-state index in [1.807, 2.05) is 13.2 Å². The molecule has 2 heterocycles. The fourth-order valence-electron chi connectivity index (χ4n) is 6.82. The third-order valence-electron chi connectivity index (χ3n) is 9.57. The number of nitrogens with zero attached hydrogens (tertiary/aromatic N) is 4. The number of H-pyrrole nitrogens is 1. The number of amidine groups is 1. The fourth-order valence-corrected chi connectivity index (χ4v) is 7.75. The zero-order valence-corrected chi connectivity index (χ0v) is 31.2. The summed E-state index contributed by atoms with van der Waals surface area (Å²) in [6.45, 7) is 4.92. The molecular weight excluding hydrogens is 695 g/mol. The Hall–Kier alpha value is -3.32. The van der Waals surface area contributed by atoms with E-state index >= 15 is 8.78 Å². The molecule has 2 atom stereocenters. The van der Waals surface area contributed by atoms with Crippen LogP contribution in [0.1, 0.15) is 82.4 Å². The van der Waals surface area contributed by atoms with Gasteiger partial charge in [0, 0.05) is 59.3 Å². The molecule has 5 N–H and O–H groups in total. The van der Waals surface area contributed by atoms with Gasteiger partial charge in [0.25, 0.3) is 0 Å². The third-order valence-corrected chi connectivity index (χ3v) is 10.6. The van der Waals surface area contributed by atoms with E-state index in [0.29, 0.717) is 84.3 Å². The van der Waals surface area contributed by atoms with Gasteiger partial charge in [-0.3, -0.25) is 18.8 Å². The highest BCUT2D eigenvalue weighted by atomic mass is 35.5. The number of hydrogen-bond donors (Lipinski definition) is 3. The minimum Gasteiger partial charge on any atom is -0.388 e. The zero-order chi connectivity index (χ0) is 36.7. The smallest absolute Gasteiger partial charge is 0.354 e. The number of nitrogens with one attached hydrogen (secondary N) is 1. The van der Waals surface area contributed by atoms with Gasteiger partial charge < -0.3 is 16.5 Å². The van der Waals surface area contributed by atoms with Gasteiger partial charge in [-0.05, 0) is 106 Å². The number of rotatable bonds is 19. The number of aromatic nitrogens is 3. The number of aromatic amines is 1. The highest BCUT2D eigenvalue weighted by molar-refractivity contribution is 7.98. The second-order valence-electron chi connectivity index (χ2n) is 13.5. The molecule has 0 aliphatic heterocycles. The van der Waals surface area contributed by atoms with Crippen LogP contribution in [-0.4, -0.2) is 63.9 Å². The second kappa shape index (κ2) is 17.9. The number of aliphatic imine (C=N–C) groups is 1. The van der Waals surface area contributed by atoms with Crippen molar-refractivity contribution in [1.82, 2.24) is 19.4 Å². The molecule has 4 aromatic rings. The molecular formula is C38H49ClF3N7OS. The van der Waals surface area contributed by atoms with E-state index in [4.69, 9.17) is 23.1 Å². The number of hydrogen-bond acceptors (Lipinski definition) is 6. The molecule has 0 bridgehead atoms. The Balaban J connectivity index is 1.45. The fraction of sp³-hybridized carbons (Fsp3) is 0.500. The summed E-state index contributed by atoms with van der Waals surface area (Å²) in [4.78, 5) is 27.8. The Morgan fingerprint density at radius 3 is 2.61 bits per heavy atom. The summed E-state index contributed by atoms with van der Waals surface area (Å²) in [6.07, 6.45) is 10.8. The van der Waals surface area contributed by atoms with Crippen molar-refractivity contribution >= 4 is 40.2 Å². The van der Waals surface area contributed by atoms with Crippen molar-refractivity contribution in [2.24, 2.45) is 22.4 Å². The van der Waals surface area contributed by atoms with E-state index in [2.05, 4.69) is 19.9 Å². The molecule has 5 rings (SSSR count). The third kappa shape index (κ3) is 9.77. The molecule has 13 heteroatoms. The maximum absolute atomic E-state index is 16.3. The predicted octanol–water partition coefficient (Wildman–Crippen LogP) is 8.36. The van der Waals surface area contributed by atoms with Crippen LogP contribution in [0.3, 0.4) is 0 Å². The molecule has 1 fully saturated rings. The number of alkyl halides is 1. The van der Waals surface area contributed by atoms with E-state index in [1.165, 1.54) is 35.2 Å². The molecule has 1 saturated carbocycles. The van der Waals surface area contributed by atoms with Crippen molar-refractivity contribution in [3.63, 3.8) is 0 Å². The standard InChI is InChI=1S/C38H49ClF3N7OS/c1-4-8-33(48(15-6-13-40)16-7-14-45-23(2)43)35-30(41)20-27(21-34(35)51-3)49-22-26-19-32(46-37(26)47-38(49)50)28-17-24(18-29(39)36(28)42)9-5-10-31(44)25-11-12-25/h17-22,25,31,33H,4-16,44H2,1-3H3,(H2,43,45)(H,46,47,50). The van der Waals surface area contributed by atoms with Gasteiger partial charge in [-0.2, -0.15) is 4.98 Å². The molecule has 51 heavy (non-hydrogen) atoms. The first-order chi connectivity index (χ1) is 24.5. The first-order valence-electron chi connectivity index (χ1n) is 17.8. The summed E-state index contributed by atoms with van der Waals surface area (Å²) in [7, 11) is 0. The number of benzene rings is 2. The normalized spacial score (nSPS) is 14.9. The van der Waals surface area contributed by atoms with Crippen molar-refractivity contribution < 1.29 is 13.2 Å². The second-order valence-corrected chi connectivity index (χ2v) is 14.8. The van der Waals surface area contributed by atoms with Gasteiger partial charge in [-0.25, -0.2) is 13.6 Å². The molecule has 0 saturated heterocycles. The van der Waals surface area contributed by atoms with Crippen LogP contribution in [0.5, 0.6) is 0 Å². The van der Waals surface area contributed by atoms with E-state index < -0.39 is 24.0 Å². The van der Waals surface area contributed by atoms with Crippen molar-refractivity contribution in [2.75, 3.05) is 32.6 Å². The summed E-state index contributed by atoms with van der Waals surface area (Å²) in [5, 5.41) is 0.567. The minimum absolute atomic E-state index is 0.0177. The molecule has 1 aliphatic carbocycles. The van der Waals surface area contributed by atoms with Crippen LogP contribution >= 0.6 is 23.4 Å². The predicted molar refractivity (Wildman–Crippen MR) is 204 cm³/mol. The van der Waals surface area contributed by atoms with Gasteiger partial charge in [0.05, 0.1) is 28.9 Å². The number of nitrogens with two attached hydrogens (primary N) is 2. The molecule has 0 spiro atoms. The van der Waals surface area contributed by atoms with Gasteiger partial charge in [0.2, 0.25) is 0 Å². The summed E-state index contributed by atoms with van der Waals surface area (Å²) in [5.74, 6) is 0.102. The number of aryl methyl sites for hydroxylation is 1. The van der Waals surface area contributed by atoms with Crippen LogP contribution < -0.4 is 17.2 Å². The average molecular weight is 744 g/mol. The van der Waals surface area contributed by atoms with Gasteiger partial charge in [0.1, 0.15) is 11.5 Å².